The average molecular weight is 637 g/mol. The zero-order chi connectivity index (χ0) is 33.0. The van der Waals surface area contributed by atoms with E-state index in [1.165, 1.54) is 82.7 Å². The van der Waals surface area contributed by atoms with Crippen LogP contribution in [-0.2, 0) is 0 Å². The van der Waals surface area contributed by atoms with E-state index < -0.39 is 0 Å². The van der Waals surface area contributed by atoms with Crippen LogP contribution in [0.3, 0.4) is 0 Å². The van der Waals surface area contributed by atoms with Crippen molar-refractivity contribution in [3.05, 3.63) is 194 Å². The lowest BCUT2D eigenvalue weighted by Crippen LogP contribution is -1.96. The molecule has 0 N–H and O–H groups in total. The molecule has 8 aromatic carbocycles. The molecule has 0 spiro atoms. The quantitative estimate of drug-likeness (QED) is 0.178. The average Bonchev–Trinajstić information content (AvgIpc) is 3.71. The van der Waals surface area contributed by atoms with Gasteiger partial charge in [-0.1, -0.05) is 140 Å². The Morgan fingerprint density at radius 2 is 0.680 bits per heavy atom. The number of benzene rings is 8. The van der Waals surface area contributed by atoms with Crippen LogP contribution >= 0.6 is 0 Å². The molecule has 0 aliphatic heterocycles. The Morgan fingerprint density at radius 3 is 1.28 bits per heavy atom. The van der Waals surface area contributed by atoms with E-state index in [1.54, 1.807) is 0 Å². The summed E-state index contributed by atoms with van der Waals surface area (Å²) in [4.78, 5) is 0. The summed E-state index contributed by atoms with van der Waals surface area (Å²) < 4.78 is 4.80. The highest BCUT2D eigenvalue weighted by Gasteiger charge is 2.17. The first-order valence-electron chi connectivity index (χ1n) is 17.2. The van der Waals surface area contributed by atoms with Gasteiger partial charge in [-0.05, 0) is 88.0 Å². The first kappa shape index (κ1) is 28.4. The van der Waals surface area contributed by atoms with Crippen LogP contribution in [0.15, 0.2) is 194 Å². The van der Waals surface area contributed by atoms with Crippen molar-refractivity contribution in [3.63, 3.8) is 0 Å². The van der Waals surface area contributed by atoms with Gasteiger partial charge >= 0.3 is 0 Å². The van der Waals surface area contributed by atoms with Gasteiger partial charge in [0.05, 0.1) is 22.1 Å². The Morgan fingerprint density at radius 1 is 0.240 bits per heavy atom. The third kappa shape index (κ3) is 4.50. The van der Waals surface area contributed by atoms with Crippen molar-refractivity contribution < 1.29 is 0 Å². The normalized spacial score (nSPS) is 11.6. The smallest absolute Gasteiger partial charge is 0.0542 e. The third-order valence-electron chi connectivity index (χ3n) is 10.1. The molecule has 0 unspecified atom stereocenters. The number of hydrogen-bond acceptors (Lipinski definition) is 0. The van der Waals surface area contributed by atoms with Crippen LogP contribution in [0.4, 0.5) is 0 Å². The molecular formula is C48H32N2. The molecule has 0 bridgehead atoms. The fraction of sp³-hybridized carbons (Fsp3) is 0. The zero-order valence-corrected chi connectivity index (χ0v) is 27.4. The van der Waals surface area contributed by atoms with E-state index in [0.29, 0.717) is 0 Å². The van der Waals surface area contributed by atoms with E-state index in [9.17, 15) is 0 Å². The maximum absolute atomic E-state index is 2.40. The maximum Gasteiger partial charge on any atom is 0.0542 e. The van der Waals surface area contributed by atoms with Crippen molar-refractivity contribution >= 4 is 43.6 Å². The van der Waals surface area contributed by atoms with E-state index in [1.807, 2.05) is 0 Å². The maximum atomic E-state index is 2.40. The van der Waals surface area contributed by atoms with Gasteiger partial charge in [0.2, 0.25) is 0 Å². The van der Waals surface area contributed by atoms with E-state index >= 15 is 0 Å². The zero-order valence-electron chi connectivity index (χ0n) is 27.4. The summed E-state index contributed by atoms with van der Waals surface area (Å²) in [7, 11) is 0. The van der Waals surface area contributed by atoms with Crippen molar-refractivity contribution in [2.75, 3.05) is 0 Å². The molecule has 2 heteroatoms. The van der Waals surface area contributed by atoms with Gasteiger partial charge in [0.15, 0.2) is 0 Å². The van der Waals surface area contributed by atoms with Crippen molar-refractivity contribution in [2.45, 2.75) is 0 Å². The third-order valence-corrected chi connectivity index (χ3v) is 10.1. The lowest BCUT2D eigenvalue weighted by atomic mass is 9.91. The van der Waals surface area contributed by atoms with E-state index in [0.717, 1.165) is 5.69 Å². The Hall–Kier alpha value is -6.64. The summed E-state index contributed by atoms with van der Waals surface area (Å²) in [6, 6.07) is 70.4. The summed E-state index contributed by atoms with van der Waals surface area (Å²) >= 11 is 0. The van der Waals surface area contributed by atoms with Crippen molar-refractivity contribution in [3.8, 4) is 44.8 Å². The highest BCUT2D eigenvalue weighted by molar-refractivity contribution is 6.12. The van der Waals surface area contributed by atoms with Crippen LogP contribution in [0.5, 0.6) is 0 Å². The number of para-hydroxylation sites is 3. The van der Waals surface area contributed by atoms with Gasteiger partial charge < -0.3 is 9.13 Å². The highest BCUT2D eigenvalue weighted by atomic mass is 15.0. The standard InChI is InChI=1S/C48H32N2/c1-3-13-34(14-4-1)39-29-25-36(31-43(39)35-15-5-2-6-16-35)33-23-26-37(27-24-33)49-47-22-12-9-19-42(47)44-32-38(28-30-48(44)49)50-45-20-10-7-17-40(45)41-18-8-11-21-46(41)50/h1-32H. The Bertz CT molecular complexity index is 2790. The van der Waals surface area contributed by atoms with Crippen molar-refractivity contribution in [1.29, 1.82) is 0 Å². The lowest BCUT2D eigenvalue weighted by Gasteiger charge is -2.14. The van der Waals surface area contributed by atoms with Gasteiger partial charge in [0, 0.05) is 32.9 Å². The van der Waals surface area contributed by atoms with Crippen molar-refractivity contribution in [1.82, 2.24) is 9.13 Å². The number of rotatable bonds is 5. The molecule has 10 aromatic rings. The second kappa shape index (κ2) is 11.5. The SMILES string of the molecule is c1ccc(-c2ccc(-c3ccc(-n4c5ccccc5c5cc(-n6c7ccccc7c7ccccc76)ccc54)cc3)cc2-c2ccccc2)cc1. The molecule has 50 heavy (non-hydrogen) atoms. The number of aromatic nitrogens is 2. The van der Waals surface area contributed by atoms with Crippen molar-refractivity contribution in [2.24, 2.45) is 0 Å². The second-order valence-corrected chi connectivity index (χ2v) is 13.0. The Kier molecular flexibility index (Phi) is 6.53. The van der Waals surface area contributed by atoms with Gasteiger partial charge in [0.25, 0.3) is 0 Å². The van der Waals surface area contributed by atoms with Gasteiger partial charge in [0.1, 0.15) is 0 Å². The molecule has 0 aliphatic carbocycles. The molecule has 0 saturated heterocycles. The van der Waals surface area contributed by atoms with Gasteiger partial charge in [-0.15, -0.1) is 0 Å². The molecule has 2 nitrogen and oxygen atoms in total. The monoisotopic (exact) mass is 636 g/mol. The molecule has 2 aromatic heterocycles. The summed E-state index contributed by atoms with van der Waals surface area (Å²) in [5, 5.41) is 5.04. The fourth-order valence-corrected chi connectivity index (χ4v) is 7.83. The minimum Gasteiger partial charge on any atom is -0.309 e. The van der Waals surface area contributed by atoms with Gasteiger partial charge in [-0.2, -0.15) is 0 Å². The number of fused-ring (bicyclic) bond motifs is 6. The molecular weight excluding hydrogens is 605 g/mol. The van der Waals surface area contributed by atoms with Crippen LogP contribution < -0.4 is 0 Å². The second-order valence-electron chi connectivity index (χ2n) is 13.0. The molecule has 0 atom stereocenters. The summed E-state index contributed by atoms with van der Waals surface area (Å²) in [6.45, 7) is 0. The molecule has 0 aliphatic rings. The van der Waals surface area contributed by atoms with Crippen LogP contribution in [0.1, 0.15) is 0 Å². The van der Waals surface area contributed by atoms with Crippen LogP contribution in [0.25, 0.3) is 88.4 Å². The predicted molar refractivity (Wildman–Crippen MR) is 211 cm³/mol. The predicted octanol–water partition coefficient (Wildman–Crippen LogP) is 12.9. The van der Waals surface area contributed by atoms with Crippen LogP contribution in [-0.4, -0.2) is 9.13 Å². The fourth-order valence-electron chi connectivity index (χ4n) is 7.83. The number of hydrogen-bond donors (Lipinski definition) is 0. The molecule has 10 rings (SSSR count). The molecule has 0 amide bonds. The summed E-state index contributed by atoms with van der Waals surface area (Å²) in [5.41, 5.74) is 14.5. The van der Waals surface area contributed by atoms with Gasteiger partial charge in [-0.25, -0.2) is 0 Å². The van der Waals surface area contributed by atoms with Gasteiger partial charge in [-0.3, -0.25) is 0 Å². The first-order chi connectivity index (χ1) is 24.8. The molecule has 234 valence electrons. The van der Waals surface area contributed by atoms with E-state index in [-0.39, 0.29) is 0 Å². The Balaban J connectivity index is 1.09. The van der Waals surface area contributed by atoms with E-state index in [4.69, 9.17) is 0 Å². The summed E-state index contributed by atoms with van der Waals surface area (Å²) in [5.74, 6) is 0. The number of nitrogens with zero attached hydrogens (tertiary/aromatic N) is 2. The molecule has 0 radical (unpaired) electrons. The largest absolute Gasteiger partial charge is 0.309 e. The molecule has 2 heterocycles. The van der Waals surface area contributed by atoms with E-state index in [2.05, 4.69) is 203 Å². The topological polar surface area (TPSA) is 9.86 Å². The minimum absolute atomic E-state index is 1.15. The minimum atomic E-state index is 1.15. The highest BCUT2D eigenvalue weighted by Crippen LogP contribution is 2.39. The van der Waals surface area contributed by atoms with Crippen LogP contribution in [0, 0.1) is 0 Å². The molecule has 0 saturated carbocycles. The first-order valence-corrected chi connectivity index (χ1v) is 17.2. The Labute approximate surface area is 290 Å². The summed E-state index contributed by atoms with van der Waals surface area (Å²) in [6.07, 6.45) is 0. The molecule has 0 fully saturated rings. The van der Waals surface area contributed by atoms with Crippen LogP contribution in [0.2, 0.25) is 0 Å². The lowest BCUT2D eigenvalue weighted by molar-refractivity contribution is 1.17.